The molecule has 0 fully saturated rings. The number of fused-ring (bicyclic) bond motifs is 1. The first-order chi connectivity index (χ1) is 11.1. The summed E-state index contributed by atoms with van der Waals surface area (Å²) < 4.78 is 5.52. The Morgan fingerprint density at radius 1 is 1.35 bits per heavy atom. The van der Waals surface area contributed by atoms with Gasteiger partial charge < -0.3 is 15.2 Å². The average Bonchev–Trinajstić information content (AvgIpc) is 3.01. The van der Waals surface area contributed by atoms with Crippen LogP contribution in [0.3, 0.4) is 0 Å². The second kappa shape index (κ2) is 7.45. The largest absolute Gasteiger partial charge is 0.469 e. The van der Waals surface area contributed by atoms with Crippen LogP contribution in [-0.2, 0) is 14.3 Å². The summed E-state index contributed by atoms with van der Waals surface area (Å²) in [5, 5.41) is 19.0. The minimum Gasteiger partial charge on any atom is -0.469 e. The van der Waals surface area contributed by atoms with E-state index in [0.717, 1.165) is 4.68 Å². The van der Waals surface area contributed by atoms with E-state index in [4.69, 9.17) is 5.11 Å². The van der Waals surface area contributed by atoms with Crippen molar-refractivity contribution in [1.82, 2.24) is 20.3 Å². The van der Waals surface area contributed by atoms with Crippen LogP contribution in [0.4, 0.5) is 4.79 Å². The maximum atomic E-state index is 12.0. The van der Waals surface area contributed by atoms with E-state index in [1.165, 1.54) is 7.11 Å². The van der Waals surface area contributed by atoms with Gasteiger partial charge in [-0.2, -0.15) is 4.68 Å². The van der Waals surface area contributed by atoms with Gasteiger partial charge in [0.1, 0.15) is 5.52 Å². The Balaban J connectivity index is 1.94. The third-order valence-corrected chi connectivity index (χ3v) is 3.21. The van der Waals surface area contributed by atoms with E-state index in [-0.39, 0.29) is 13.0 Å². The maximum Gasteiger partial charge on any atom is 0.344 e. The topological polar surface area (TPSA) is 123 Å². The standard InChI is InChI=1S/C14H16N4O5/c1-23-13(21)9(8-19)6-10(20)7-15-14(22)18-12-5-3-2-4-11(12)16-17-18/h2-5,9,19H,6-8H2,1H3,(H,15,22). The summed E-state index contributed by atoms with van der Waals surface area (Å²) in [6, 6.07) is 6.29. The summed E-state index contributed by atoms with van der Waals surface area (Å²) >= 11 is 0. The Kier molecular flexibility index (Phi) is 5.36. The lowest BCUT2D eigenvalue weighted by molar-refractivity contribution is -0.148. The first kappa shape index (κ1) is 16.6. The molecular formula is C14H16N4O5. The zero-order valence-corrected chi connectivity index (χ0v) is 12.4. The van der Waals surface area contributed by atoms with Crippen LogP contribution in [0.15, 0.2) is 24.3 Å². The number of hydrogen-bond donors (Lipinski definition) is 2. The number of rotatable bonds is 6. The average molecular weight is 320 g/mol. The number of Topliss-reactive ketones (excluding diaryl/α,β-unsaturated/α-hetero) is 1. The minimum atomic E-state index is -0.934. The zero-order chi connectivity index (χ0) is 16.8. The molecule has 9 heteroatoms. The number of amides is 1. The Hall–Kier alpha value is -2.81. The number of aliphatic hydroxyl groups is 1. The highest BCUT2D eigenvalue weighted by atomic mass is 16.5. The SMILES string of the molecule is COC(=O)C(CO)CC(=O)CNC(=O)n1nnc2ccccc21. The van der Waals surface area contributed by atoms with Gasteiger partial charge in [0.25, 0.3) is 0 Å². The molecule has 1 unspecified atom stereocenters. The van der Waals surface area contributed by atoms with Crippen molar-refractivity contribution in [2.24, 2.45) is 5.92 Å². The van der Waals surface area contributed by atoms with Gasteiger partial charge in [-0.1, -0.05) is 17.3 Å². The summed E-state index contributed by atoms with van der Waals surface area (Å²) in [4.78, 5) is 35.1. The van der Waals surface area contributed by atoms with Crippen LogP contribution in [0.5, 0.6) is 0 Å². The fraction of sp³-hybridized carbons (Fsp3) is 0.357. The highest BCUT2D eigenvalue weighted by Crippen LogP contribution is 2.09. The molecule has 1 aromatic carbocycles. The number of aromatic nitrogens is 3. The van der Waals surface area contributed by atoms with Crippen LogP contribution < -0.4 is 5.32 Å². The number of methoxy groups -OCH3 is 1. The van der Waals surface area contributed by atoms with Gasteiger partial charge >= 0.3 is 12.0 Å². The predicted molar refractivity (Wildman–Crippen MR) is 78.5 cm³/mol. The van der Waals surface area contributed by atoms with Crippen LogP contribution in [0.25, 0.3) is 11.0 Å². The van der Waals surface area contributed by atoms with Crippen LogP contribution >= 0.6 is 0 Å². The number of benzene rings is 1. The summed E-state index contributed by atoms with van der Waals surface area (Å²) in [6.45, 7) is -0.791. The number of nitrogens with one attached hydrogen (secondary N) is 1. The van der Waals surface area contributed by atoms with E-state index >= 15 is 0 Å². The summed E-state index contributed by atoms with van der Waals surface area (Å²) in [6.07, 6.45) is -0.221. The fourth-order valence-corrected chi connectivity index (χ4v) is 2.00. The van der Waals surface area contributed by atoms with Gasteiger partial charge in [0.15, 0.2) is 5.78 Å². The molecule has 1 amide bonds. The molecule has 0 saturated heterocycles. The number of ketones is 1. The molecule has 2 aromatic rings. The van der Waals surface area contributed by atoms with E-state index in [1.54, 1.807) is 24.3 Å². The summed E-state index contributed by atoms with van der Waals surface area (Å²) in [5.74, 6) is -2.02. The van der Waals surface area contributed by atoms with Crippen molar-refractivity contribution in [1.29, 1.82) is 0 Å². The Morgan fingerprint density at radius 2 is 2.09 bits per heavy atom. The van der Waals surface area contributed by atoms with Gasteiger partial charge in [0, 0.05) is 6.42 Å². The molecule has 122 valence electrons. The Labute approximate surface area is 131 Å². The van der Waals surface area contributed by atoms with E-state index in [9.17, 15) is 14.4 Å². The summed E-state index contributed by atoms with van der Waals surface area (Å²) in [5.41, 5.74) is 1.07. The first-order valence-corrected chi connectivity index (χ1v) is 6.85. The van der Waals surface area contributed by atoms with Crippen LogP contribution in [0, 0.1) is 5.92 Å². The predicted octanol–water partition coefficient (Wildman–Crippen LogP) is -0.270. The number of para-hydroxylation sites is 1. The number of hydrogen-bond acceptors (Lipinski definition) is 7. The molecular weight excluding hydrogens is 304 g/mol. The van der Waals surface area contributed by atoms with Crippen LogP contribution in [-0.4, -0.2) is 58.1 Å². The molecule has 0 bridgehead atoms. The lowest BCUT2D eigenvalue weighted by atomic mass is 10.0. The summed E-state index contributed by atoms with van der Waals surface area (Å²) in [7, 11) is 1.17. The van der Waals surface area contributed by atoms with Crippen molar-refractivity contribution in [2.45, 2.75) is 6.42 Å². The van der Waals surface area contributed by atoms with E-state index in [0.29, 0.717) is 11.0 Å². The molecule has 0 aliphatic heterocycles. The Bertz CT molecular complexity index is 727. The second-order valence-electron chi connectivity index (χ2n) is 4.79. The van der Waals surface area contributed by atoms with Crippen molar-refractivity contribution in [3.8, 4) is 0 Å². The lowest BCUT2D eigenvalue weighted by Crippen LogP contribution is -2.35. The van der Waals surface area contributed by atoms with Crippen molar-refractivity contribution in [3.63, 3.8) is 0 Å². The molecule has 1 aromatic heterocycles. The van der Waals surface area contributed by atoms with Gasteiger partial charge in [-0.05, 0) is 12.1 Å². The molecule has 23 heavy (non-hydrogen) atoms. The second-order valence-corrected chi connectivity index (χ2v) is 4.79. The molecule has 0 radical (unpaired) electrons. The fourth-order valence-electron chi connectivity index (χ4n) is 2.00. The molecule has 2 rings (SSSR count). The molecule has 0 saturated carbocycles. The van der Waals surface area contributed by atoms with E-state index in [1.807, 2.05) is 0 Å². The number of aliphatic hydroxyl groups excluding tert-OH is 1. The molecule has 0 spiro atoms. The number of ether oxygens (including phenoxy) is 1. The molecule has 9 nitrogen and oxygen atoms in total. The number of nitrogens with zero attached hydrogens (tertiary/aromatic N) is 3. The molecule has 2 N–H and O–H groups in total. The van der Waals surface area contributed by atoms with Crippen molar-refractivity contribution in [3.05, 3.63) is 24.3 Å². The van der Waals surface area contributed by atoms with Crippen molar-refractivity contribution >= 4 is 28.8 Å². The highest BCUT2D eigenvalue weighted by Gasteiger charge is 2.22. The monoisotopic (exact) mass is 320 g/mol. The van der Waals surface area contributed by atoms with E-state index in [2.05, 4.69) is 20.4 Å². The van der Waals surface area contributed by atoms with Gasteiger partial charge in [-0.15, -0.1) is 5.10 Å². The minimum absolute atomic E-state index is 0.221. The van der Waals surface area contributed by atoms with Gasteiger partial charge in [-0.25, -0.2) is 4.79 Å². The Morgan fingerprint density at radius 3 is 2.78 bits per heavy atom. The number of esters is 1. The third-order valence-electron chi connectivity index (χ3n) is 3.21. The first-order valence-electron chi connectivity index (χ1n) is 6.85. The zero-order valence-electron chi connectivity index (χ0n) is 12.4. The molecule has 1 heterocycles. The van der Waals surface area contributed by atoms with Gasteiger partial charge in [0.05, 0.1) is 31.7 Å². The molecule has 0 aliphatic rings. The van der Waals surface area contributed by atoms with Gasteiger partial charge in [-0.3, -0.25) is 9.59 Å². The van der Waals surface area contributed by atoms with Crippen LogP contribution in [0.2, 0.25) is 0 Å². The molecule has 1 atom stereocenters. The van der Waals surface area contributed by atoms with E-state index < -0.39 is 30.3 Å². The van der Waals surface area contributed by atoms with Crippen LogP contribution in [0.1, 0.15) is 6.42 Å². The van der Waals surface area contributed by atoms with Crippen molar-refractivity contribution in [2.75, 3.05) is 20.3 Å². The normalized spacial score (nSPS) is 11.9. The van der Waals surface area contributed by atoms with Gasteiger partial charge in [0.2, 0.25) is 0 Å². The third kappa shape index (κ3) is 3.89. The quantitative estimate of drug-likeness (QED) is 0.702. The smallest absolute Gasteiger partial charge is 0.344 e. The highest BCUT2D eigenvalue weighted by molar-refractivity contribution is 5.91. The number of carbonyl (C=O) groups excluding carboxylic acids is 3. The molecule has 0 aliphatic carbocycles. The lowest BCUT2D eigenvalue weighted by Gasteiger charge is -2.11. The number of carbonyl (C=O) groups is 3. The maximum absolute atomic E-state index is 12.0. The van der Waals surface area contributed by atoms with Crippen molar-refractivity contribution < 1.29 is 24.2 Å².